The number of nitrogens with one attached hydrogen (secondary N) is 1. The first-order valence-electron chi connectivity index (χ1n) is 7.04. The van der Waals surface area contributed by atoms with Crippen molar-refractivity contribution in [2.75, 3.05) is 6.61 Å². The molecule has 2 rings (SSSR count). The van der Waals surface area contributed by atoms with Crippen LogP contribution in [-0.4, -0.2) is 11.7 Å². The summed E-state index contributed by atoms with van der Waals surface area (Å²) in [6.45, 7) is 5.14. The maximum absolute atomic E-state index is 10.2. The Kier molecular flexibility index (Phi) is 5.65. The van der Waals surface area contributed by atoms with E-state index in [4.69, 9.17) is 4.74 Å². The van der Waals surface area contributed by atoms with Crippen LogP contribution in [0.3, 0.4) is 0 Å². The molecule has 2 N–H and O–H groups in total. The van der Waals surface area contributed by atoms with E-state index in [0.29, 0.717) is 18.9 Å². The van der Waals surface area contributed by atoms with E-state index < -0.39 is 0 Å². The molecule has 0 saturated carbocycles. The number of para-hydroxylation sites is 1. The Morgan fingerprint density at radius 1 is 1.19 bits per heavy atom. The first-order chi connectivity index (χ1) is 10.1. The number of phenols is 1. The van der Waals surface area contributed by atoms with E-state index in [1.165, 1.54) is 5.56 Å². The van der Waals surface area contributed by atoms with Gasteiger partial charge in [-0.2, -0.15) is 0 Å². The lowest BCUT2D eigenvalue weighted by Crippen LogP contribution is -2.18. The van der Waals surface area contributed by atoms with Crippen molar-refractivity contribution >= 4 is 15.9 Å². The number of benzene rings is 2. The highest BCUT2D eigenvalue weighted by molar-refractivity contribution is 9.10. The molecule has 0 aromatic heterocycles. The minimum absolute atomic E-state index is 0.202. The van der Waals surface area contributed by atoms with Crippen molar-refractivity contribution in [3.05, 3.63) is 58.1 Å². The molecule has 0 aliphatic rings. The minimum atomic E-state index is 0.202. The number of aromatic hydroxyl groups is 1. The fourth-order valence-corrected chi connectivity index (χ4v) is 2.38. The van der Waals surface area contributed by atoms with Crippen LogP contribution in [-0.2, 0) is 6.54 Å². The molecule has 0 spiro atoms. The average molecular weight is 350 g/mol. The SMILES string of the molecule is CCOc1cccc(CN[C@@H](C)c2ccc(Br)cc2)c1O. The third-order valence-electron chi connectivity index (χ3n) is 3.35. The lowest BCUT2D eigenvalue weighted by Gasteiger charge is -2.16. The minimum Gasteiger partial charge on any atom is -0.504 e. The Morgan fingerprint density at radius 2 is 1.90 bits per heavy atom. The van der Waals surface area contributed by atoms with Crippen LogP contribution >= 0.6 is 15.9 Å². The Hall–Kier alpha value is -1.52. The third kappa shape index (κ3) is 4.22. The largest absolute Gasteiger partial charge is 0.504 e. The molecule has 1 atom stereocenters. The van der Waals surface area contributed by atoms with Crippen LogP contribution in [0.5, 0.6) is 11.5 Å². The van der Waals surface area contributed by atoms with Gasteiger partial charge in [0.15, 0.2) is 11.5 Å². The molecule has 4 heteroatoms. The number of halogens is 1. The Balaban J connectivity index is 2.02. The topological polar surface area (TPSA) is 41.5 Å². The summed E-state index contributed by atoms with van der Waals surface area (Å²) in [5.41, 5.74) is 2.04. The van der Waals surface area contributed by atoms with Crippen LogP contribution in [0.2, 0.25) is 0 Å². The van der Waals surface area contributed by atoms with Gasteiger partial charge in [-0.3, -0.25) is 0 Å². The van der Waals surface area contributed by atoms with Gasteiger partial charge >= 0.3 is 0 Å². The quantitative estimate of drug-likeness (QED) is 0.811. The van der Waals surface area contributed by atoms with Crippen molar-refractivity contribution in [1.29, 1.82) is 0 Å². The summed E-state index contributed by atoms with van der Waals surface area (Å²) in [6.07, 6.45) is 0. The predicted octanol–water partition coefficient (Wildman–Crippen LogP) is 4.40. The van der Waals surface area contributed by atoms with Crippen molar-refractivity contribution in [3.63, 3.8) is 0 Å². The number of hydrogen-bond acceptors (Lipinski definition) is 3. The van der Waals surface area contributed by atoms with Crippen LogP contribution in [0.25, 0.3) is 0 Å². The van der Waals surface area contributed by atoms with Gasteiger partial charge in [0.05, 0.1) is 6.61 Å². The molecule has 0 aliphatic carbocycles. The van der Waals surface area contributed by atoms with Gasteiger partial charge in [0, 0.05) is 22.6 Å². The van der Waals surface area contributed by atoms with E-state index in [1.54, 1.807) is 6.07 Å². The van der Waals surface area contributed by atoms with E-state index in [-0.39, 0.29) is 11.8 Å². The summed E-state index contributed by atoms with van der Waals surface area (Å²) in [5.74, 6) is 0.753. The lowest BCUT2D eigenvalue weighted by atomic mass is 10.1. The van der Waals surface area contributed by atoms with Crippen molar-refractivity contribution in [1.82, 2.24) is 5.32 Å². The number of rotatable bonds is 6. The van der Waals surface area contributed by atoms with Gasteiger partial charge in [-0.15, -0.1) is 0 Å². The number of ether oxygens (including phenoxy) is 1. The highest BCUT2D eigenvalue weighted by Crippen LogP contribution is 2.30. The van der Waals surface area contributed by atoms with Crippen LogP contribution in [0, 0.1) is 0 Å². The summed E-state index contributed by atoms with van der Waals surface area (Å²) in [6, 6.07) is 14.0. The molecule has 0 heterocycles. The van der Waals surface area contributed by atoms with Crippen molar-refractivity contribution in [2.24, 2.45) is 0 Å². The normalized spacial score (nSPS) is 12.1. The maximum Gasteiger partial charge on any atom is 0.162 e. The molecule has 0 fully saturated rings. The molecule has 0 saturated heterocycles. The fourth-order valence-electron chi connectivity index (χ4n) is 2.11. The van der Waals surface area contributed by atoms with Gasteiger partial charge in [0.1, 0.15) is 0 Å². The molecular formula is C17H20BrNO2. The maximum atomic E-state index is 10.2. The van der Waals surface area contributed by atoms with Crippen LogP contribution in [0.15, 0.2) is 46.9 Å². The highest BCUT2D eigenvalue weighted by Gasteiger charge is 2.10. The Morgan fingerprint density at radius 3 is 2.57 bits per heavy atom. The van der Waals surface area contributed by atoms with Gasteiger partial charge in [0.25, 0.3) is 0 Å². The second kappa shape index (κ2) is 7.48. The van der Waals surface area contributed by atoms with Gasteiger partial charge in [0.2, 0.25) is 0 Å². The van der Waals surface area contributed by atoms with Gasteiger partial charge in [-0.25, -0.2) is 0 Å². The second-order valence-corrected chi connectivity index (χ2v) is 5.77. The molecule has 21 heavy (non-hydrogen) atoms. The smallest absolute Gasteiger partial charge is 0.162 e. The van der Waals surface area contributed by atoms with E-state index in [1.807, 2.05) is 31.2 Å². The summed E-state index contributed by atoms with van der Waals surface area (Å²) in [7, 11) is 0. The van der Waals surface area contributed by atoms with Crippen LogP contribution in [0.1, 0.15) is 31.0 Å². The Labute approximate surface area is 134 Å². The average Bonchev–Trinajstić information content (AvgIpc) is 2.49. The van der Waals surface area contributed by atoms with E-state index in [0.717, 1.165) is 10.0 Å². The Bertz CT molecular complexity index is 584. The number of hydrogen-bond donors (Lipinski definition) is 2. The van der Waals surface area contributed by atoms with E-state index in [2.05, 4.69) is 40.3 Å². The van der Waals surface area contributed by atoms with Crippen molar-refractivity contribution in [3.8, 4) is 11.5 Å². The molecule has 0 aliphatic heterocycles. The molecule has 0 amide bonds. The lowest BCUT2D eigenvalue weighted by molar-refractivity contribution is 0.316. The summed E-state index contributed by atoms with van der Waals surface area (Å²) in [4.78, 5) is 0. The van der Waals surface area contributed by atoms with Crippen molar-refractivity contribution in [2.45, 2.75) is 26.4 Å². The first kappa shape index (κ1) is 15.9. The fraction of sp³-hybridized carbons (Fsp3) is 0.294. The predicted molar refractivity (Wildman–Crippen MR) is 88.7 cm³/mol. The van der Waals surface area contributed by atoms with Gasteiger partial charge < -0.3 is 15.2 Å². The highest BCUT2D eigenvalue weighted by atomic mass is 79.9. The zero-order valence-electron chi connectivity index (χ0n) is 12.3. The zero-order valence-corrected chi connectivity index (χ0v) is 13.9. The monoisotopic (exact) mass is 349 g/mol. The van der Waals surface area contributed by atoms with Gasteiger partial charge in [-0.05, 0) is 37.6 Å². The van der Waals surface area contributed by atoms with Crippen LogP contribution < -0.4 is 10.1 Å². The molecule has 3 nitrogen and oxygen atoms in total. The summed E-state index contributed by atoms with van der Waals surface area (Å²) < 4.78 is 6.47. The van der Waals surface area contributed by atoms with Crippen molar-refractivity contribution < 1.29 is 9.84 Å². The standard InChI is InChI=1S/C17H20BrNO2/c1-3-21-16-6-4-5-14(17(16)20)11-19-12(2)13-7-9-15(18)10-8-13/h4-10,12,19-20H,3,11H2,1-2H3/t12-/m0/s1. The molecule has 0 bridgehead atoms. The number of phenolic OH excluding ortho intramolecular Hbond substituents is 1. The third-order valence-corrected chi connectivity index (χ3v) is 3.88. The molecule has 112 valence electrons. The molecule has 2 aromatic rings. The zero-order chi connectivity index (χ0) is 15.2. The second-order valence-electron chi connectivity index (χ2n) is 4.85. The first-order valence-corrected chi connectivity index (χ1v) is 7.83. The molecular weight excluding hydrogens is 330 g/mol. The summed E-state index contributed by atoms with van der Waals surface area (Å²) in [5, 5.41) is 13.6. The molecule has 0 radical (unpaired) electrons. The van der Waals surface area contributed by atoms with Crippen LogP contribution in [0.4, 0.5) is 0 Å². The van der Waals surface area contributed by atoms with E-state index in [9.17, 15) is 5.11 Å². The summed E-state index contributed by atoms with van der Waals surface area (Å²) >= 11 is 3.44. The van der Waals surface area contributed by atoms with Gasteiger partial charge in [-0.1, -0.05) is 40.2 Å². The van der Waals surface area contributed by atoms with E-state index >= 15 is 0 Å². The molecule has 2 aromatic carbocycles. The molecule has 0 unspecified atom stereocenters.